The van der Waals surface area contributed by atoms with Crippen molar-refractivity contribution < 1.29 is 19.7 Å². The van der Waals surface area contributed by atoms with Crippen LogP contribution in [0.5, 0.6) is 11.5 Å². The SMILES string of the molecule is COCCN1CCC(CN(C)C(=O)NCc2ccc(O)cc2O)C1. The number of nitrogens with one attached hydrogen (secondary N) is 1. The zero-order valence-corrected chi connectivity index (χ0v) is 14.4. The lowest BCUT2D eigenvalue weighted by Gasteiger charge is -2.22. The molecule has 1 saturated heterocycles. The maximum Gasteiger partial charge on any atom is 0.317 e. The summed E-state index contributed by atoms with van der Waals surface area (Å²) in [6.45, 7) is 4.63. The van der Waals surface area contributed by atoms with E-state index in [1.54, 1.807) is 25.1 Å². The van der Waals surface area contributed by atoms with Crippen LogP contribution < -0.4 is 5.32 Å². The first-order valence-electron chi connectivity index (χ1n) is 8.20. The smallest absolute Gasteiger partial charge is 0.317 e. The second-order valence-electron chi connectivity index (χ2n) is 6.30. The van der Waals surface area contributed by atoms with Gasteiger partial charge in [0.05, 0.1) is 6.61 Å². The molecular formula is C17H27N3O4. The normalized spacial score (nSPS) is 17.8. The van der Waals surface area contributed by atoms with E-state index in [1.807, 2.05) is 0 Å². The Bertz CT molecular complexity index is 553. The van der Waals surface area contributed by atoms with E-state index in [9.17, 15) is 15.0 Å². The summed E-state index contributed by atoms with van der Waals surface area (Å²) >= 11 is 0. The molecule has 3 N–H and O–H groups in total. The van der Waals surface area contributed by atoms with Gasteiger partial charge in [0.2, 0.25) is 0 Å². The van der Waals surface area contributed by atoms with Crippen LogP contribution >= 0.6 is 0 Å². The number of aromatic hydroxyl groups is 2. The Labute approximate surface area is 142 Å². The van der Waals surface area contributed by atoms with E-state index < -0.39 is 0 Å². The largest absolute Gasteiger partial charge is 0.508 e. The number of rotatable bonds is 7. The summed E-state index contributed by atoms with van der Waals surface area (Å²) in [5.74, 6) is 0.446. The molecule has 1 unspecified atom stereocenters. The highest BCUT2D eigenvalue weighted by molar-refractivity contribution is 5.73. The van der Waals surface area contributed by atoms with Crippen LogP contribution in [0.4, 0.5) is 4.79 Å². The van der Waals surface area contributed by atoms with E-state index in [2.05, 4.69) is 10.2 Å². The number of hydrogen-bond donors (Lipinski definition) is 3. The van der Waals surface area contributed by atoms with E-state index in [-0.39, 0.29) is 24.1 Å². The molecule has 7 nitrogen and oxygen atoms in total. The molecule has 0 saturated carbocycles. The number of urea groups is 1. The predicted octanol–water partition coefficient (Wildman–Crippen LogP) is 1.21. The van der Waals surface area contributed by atoms with Gasteiger partial charge in [-0.25, -0.2) is 4.79 Å². The van der Waals surface area contributed by atoms with Gasteiger partial charge in [0.15, 0.2) is 0 Å². The molecule has 1 heterocycles. The number of amides is 2. The summed E-state index contributed by atoms with van der Waals surface area (Å²) in [6, 6.07) is 4.17. The molecule has 0 aromatic heterocycles. The first kappa shape index (κ1) is 18.4. The zero-order valence-electron chi connectivity index (χ0n) is 14.4. The molecule has 1 aromatic rings. The van der Waals surface area contributed by atoms with Crippen molar-refractivity contribution in [1.82, 2.24) is 15.1 Å². The van der Waals surface area contributed by atoms with Crippen LogP contribution in [0.3, 0.4) is 0 Å². The van der Waals surface area contributed by atoms with Crippen molar-refractivity contribution in [3.05, 3.63) is 23.8 Å². The fourth-order valence-corrected chi connectivity index (χ4v) is 2.96. The standard InChI is InChI=1S/C17H27N3O4/c1-19(11-13-5-6-20(12-13)7-8-24-2)17(23)18-10-14-3-4-15(21)9-16(14)22/h3-4,9,13,21-22H,5-8,10-12H2,1-2H3,(H,18,23). The van der Waals surface area contributed by atoms with Crippen molar-refractivity contribution in [3.8, 4) is 11.5 Å². The van der Waals surface area contributed by atoms with E-state index in [4.69, 9.17) is 4.74 Å². The summed E-state index contributed by atoms with van der Waals surface area (Å²) in [7, 11) is 3.49. The average molecular weight is 337 g/mol. The van der Waals surface area contributed by atoms with Crippen LogP contribution in [0.2, 0.25) is 0 Å². The highest BCUT2D eigenvalue weighted by Gasteiger charge is 2.24. The van der Waals surface area contributed by atoms with Gasteiger partial charge < -0.3 is 30.1 Å². The maximum atomic E-state index is 12.2. The number of methoxy groups -OCH3 is 1. The minimum Gasteiger partial charge on any atom is -0.508 e. The highest BCUT2D eigenvalue weighted by atomic mass is 16.5. The topological polar surface area (TPSA) is 85.3 Å². The Hall–Kier alpha value is -1.99. The van der Waals surface area contributed by atoms with Crippen LogP contribution in [0, 0.1) is 5.92 Å². The van der Waals surface area contributed by atoms with Crippen LogP contribution in [0.15, 0.2) is 18.2 Å². The third-order valence-corrected chi connectivity index (χ3v) is 4.36. The number of carbonyl (C=O) groups excluding carboxylic acids is 1. The third kappa shape index (κ3) is 5.28. The number of benzene rings is 1. The highest BCUT2D eigenvalue weighted by Crippen LogP contribution is 2.22. The minimum absolute atomic E-state index is 0.000967. The fraction of sp³-hybridized carbons (Fsp3) is 0.588. The Morgan fingerprint density at radius 1 is 1.46 bits per heavy atom. The first-order chi connectivity index (χ1) is 11.5. The van der Waals surface area contributed by atoms with Crippen LogP contribution in [-0.2, 0) is 11.3 Å². The average Bonchev–Trinajstić information content (AvgIpc) is 2.99. The van der Waals surface area contributed by atoms with Gasteiger partial charge >= 0.3 is 6.03 Å². The first-order valence-corrected chi connectivity index (χ1v) is 8.20. The van der Waals surface area contributed by atoms with Gasteiger partial charge in [-0.05, 0) is 31.0 Å². The Balaban J connectivity index is 1.74. The molecule has 1 aromatic carbocycles. The summed E-state index contributed by atoms with van der Waals surface area (Å²) < 4.78 is 5.10. The molecule has 7 heteroatoms. The molecule has 1 aliphatic heterocycles. The lowest BCUT2D eigenvalue weighted by molar-refractivity contribution is 0.157. The van der Waals surface area contributed by atoms with Crippen molar-refractivity contribution in [2.24, 2.45) is 5.92 Å². The molecule has 1 atom stereocenters. The summed E-state index contributed by atoms with van der Waals surface area (Å²) in [5.41, 5.74) is 0.571. The van der Waals surface area contributed by atoms with Crippen molar-refractivity contribution >= 4 is 6.03 Å². The number of hydrogen-bond acceptors (Lipinski definition) is 5. The number of carbonyl (C=O) groups is 1. The molecule has 0 bridgehead atoms. The second-order valence-corrected chi connectivity index (χ2v) is 6.30. The molecule has 2 rings (SSSR count). The molecule has 2 amide bonds. The number of nitrogens with zero attached hydrogens (tertiary/aromatic N) is 2. The van der Waals surface area contributed by atoms with Gasteiger partial charge in [0.1, 0.15) is 11.5 Å². The maximum absolute atomic E-state index is 12.2. The molecular weight excluding hydrogens is 310 g/mol. The van der Waals surface area contributed by atoms with Crippen LogP contribution in [-0.4, -0.2) is 73.0 Å². The van der Waals surface area contributed by atoms with Gasteiger partial charge in [-0.1, -0.05) is 0 Å². The molecule has 134 valence electrons. The fourth-order valence-electron chi connectivity index (χ4n) is 2.96. The van der Waals surface area contributed by atoms with Crippen molar-refractivity contribution in [1.29, 1.82) is 0 Å². The predicted molar refractivity (Wildman–Crippen MR) is 91.1 cm³/mol. The number of likely N-dealkylation sites (tertiary alicyclic amines) is 1. The third-order valence-electron chi connectivity index (χ3n) is 4.36. The Kier molecular flexibility index (Phi) is 6.69. The van der Waals surface area contributed by atoms with Gasteiger partial charge in [-0.15, -0.1) is 0 Å². The molecule has 0 radical (unpaired) electrons. The number of phenols is 2. The van der Waals surface area contributed by atoms with Crippen molar-refractivity contribution in [3.63, 3.8) is 0 Å². The minimum atomic E-state index is -0.169. The lowest BCUT2D eigenvalue weighted by Crippen LogP contribution is -2.40. The molecule has 24 heavy (non-hydrogen) atoms. The summed E-state index contributed by atoms with van der Waals surface area (Å²) in [5, 5.41) is 21.8. The van der Waals surface area contributed by atoms with E-state index in [0.717, 1.165) is 32.7 Å². The monoisotopic (exact) mass is 337 g/mol. The van der Waals surface area contributed by atoms with E-state index in [1.165, 1.54) is 12.1 Å². The Morgan fingerprint density at radius 2 is 2.25 bits per heavy atom. The molecule has 0 spiro atoms. The summed E-state index contributed by atoms with van der Waals surface area (Å²) in [4.78, 5) is 16.2. The zero-order chi connectivity index (χ0) is 17.5. The van der Waals surface area contributed by atoms with Gasteiger partial charge in [0, 0.05) is 52.0 Å². The number of phenolic OH excluding ortho intramolecular Hbond substituents is 2. The van der Waals surface area contributed by atoms with Crippen LogP contribution in [0.1, 0.15) is 12.0 Å². The van der Waals surface area contributed by atoms with Crippen molar-refractivity contribution in [2.45, 2.75) is 13.0 Å². The van der Waals surface area contributed by atoms with Crippen LogP contribution in [0.25, 0.3) is 0 Å². The second kappa shape index (κ2) is 8.75. The van der Waals surface area contributed by atoms with Crippen molar-refractivity contribution in [2.75, 3.05) is 46.9 Å². The van der Waals surface area contributed by atoms with E-state index in [0.29, 0.717) is 18.0 Å². The quantitative estimate of drug-likeness (QED) is 0.696. The van der Waals surface area contributed by atoms with Gasteiger partial charge in [0.25, 0.3) is 0 Å². The summed E-state index contributed by atoms with van der Waals surface area (Å²) in [6.07, 6.45) is 1.08. The Morgan fingerprint density at radius 3 is 2.96 bits per heavy atom. The molecule has 0 aliphatic carbocycles. The van der Waals surface area contributed by atoms with Gasteiger partial charge in [-0.3, -0.25) is 0 Å². The molecule has 1 aliphatic rings. The van der Waals surface area contributed by atoms with E-state index >= 15 is 0 Å². The molecule has 1 fully saturated rings. The van der Waals surface area contributed by atoms with Gasteiger partial charge in [-0.2, -0.15) is 0 Å². The number of ether oxygens (including phenoxy) is 1. The lowest BCUT2D eigenvalue weighted by atomic mass is 10.1.